The third kappa shape index (κ3) is 4.75. The molecule has 1 aliphatic rings. The van der Waals surface area contributed by atoms with Gasteiger partial charge in [0.2, 0.25) is 0 Å². The van der Waals surface area contributed by atoms with Crippen molar-refractivity contribution >= 4 is 46.3 Å². The Morgan fingerprint density at radius 1 is 1.00 bits per heavy atom. The van der Waals surface area contributed by atoms with E-state index in [0.717, 1.165) is 23.1 Å². The Balaban J connectivity index is 2.06. The fraction of sp³-hybridized carbons (Fsp3) is 0.185. The number of ether oxygens (including phenoxy) is 3. The highest BCUT2D eigenvalue weighted by Crippen LogP contribution is 2.46. The van der Waals surface area contributed by atoms with Crippen LogP contribution in [0, 0.1) is 11.6 Å². The van der Waals surface area contributed by atoms with Crippen molar-refractivity contribution in [3.63, 3.8) is 0 Å². The number of benzene rings is 3. The normalized spacial score (nSPS) is 16.6. The summed E-state index contributed by atoms with van der Waals surface area (Å²) in [5.41, 5.74) is -0.763. The number of carbonyl (C=O) groups excluding carboxylic acids is 2. The van der Waals surface area contributed by atoms with E-state index in [9.17, 15) is 23.5 Å². The number of methoxy groups -OCH3 is 2. The number of rotatable bonds is 7. The van der Waals surface area contributed by atoms with E-state index >= 15 is 0 Å². The van der Waals surface area contributed by atoms with Crippen LogP contribution in [-0.4, -0.2) is 37.6 Å². The smallest absolute Gasteiger partial charge is 0.300 e. The van der Waals surface area contributed by atoms with Gasteiger partial charge in [0, 0.05) is 11.1 Å². The van der Waals surface area contributed by atoms with Crippen LogP contribution in [0.5, 0.6) is 17.2 Å². The lowest BCUT2D eigenvalue weighted by Gasteiger charge is -2.26. The molecule has 1 N–H and O–H groups in total. The first-order valence-corrected chi connectivity index (χ1v) is 12.0. The van der Waals surface area contributed by atoms with Crippen LogP contribution in [0.2, 0.25) is 10.0 Å². The Bertz CT molecular complexity index is 1480. The number of ketones is 1. The maximum absolute atomic E-state index is 15.0. The van der Waals surface area contributed by atoms with Crippen molar-refractivity contribution in [1.82, 2.24) is 0 Å². The van der Waals surface area contributed by atoms with E-state index in [0.29, 0.717) is 5.75 Å². The molecule has 0 bridgehead atoms. The van der Waals surface area contributed by atoms with E-state index in [2.05, 4.69) is 0 Å². The van der Waals surface area contributed by atoms with E-state index in [-0.39, 0.29) is 39.3 Å². The number of carbonyl (C=O) groups is 2. The number of Topliss-reactive ketones (excluding diaryl/α,β-unsaturated/α-hetero) is 1. The molecular formula is C27H21Cl2F2NO6. The minimum atomic E-state index is -1.40. The van der Waals surface area contributed by atoms with Gasteiger partial charge in [0.1, 0.15) is 23.1 Å². The molecule has 1 fully saturated rings. The van der Waals surface area contributed by atoms with Gasteiger partial charge in [-0.05, 0) is 48.9 Å². The molecule has 0 aliphatic carbocycles. The summed E-state index contributed by atoms with van der Waals surface area (Å²) in [7, 11) is 2.73. The number of anilines is 1. The zero-order chi connectivity index (χ0) is 27.7. The minimum absolute atomic E-state index is 0.0137. The second-order valence-electron chi connectivity index (χ2n) is 8.08. The molecule has 11 heteroatoms. The van der Waals surface area contributed by atoms with Crippen molar-refractivity contribution in [2.75, 3.05) is 25.7 Å². The highest BCUT2D eigenvalue weighted by Gasteiger charge is 2.48. The molecule has 38 heavy (non-hydrogen) atoms. The van der Waals surface area contributed by atoms with Crippen LogP contribution in [0.3, 0.4) is 0 Å². The van der Waals surface area contributed by atoms with Crippen molar-refractivity contribution < 1.29 is 37.7 Å². The van der Waals surface area contributed by atoms with Crippen LogP contribution < -0.4 is 19.1 Å². The number of aliphatic hydroxyl groups is 1. The molecule has 0 radical (unpaired) electrons. The Kier molecular flexibility index (Phi) is 7.80. The summed E-state index contributed by atoms with van der Waals surface area (Å²) in [5.74, 6) is -4.21. The maximum atomic E-state index is 15.0. The van der Waals surface area contributed by atoms with Gasteiger partial charge in [0.05, 0.1) is 48.7 Å². The lowest BCUT2D eigenvalue weighted by molar-refractivity contribution is -0.132. The second kappa shape index (κ2) is 10.9. The Morgan fingerprint density at radius 3 is 2.39 bits per heavy atom. The highest BCUT2D eigenvalue weighted by atomic mass is 35.5. The van der Waals surface area contributed by atoms with E-state index in [1.165, 1.54) is 44.6 Å². The van der Waals surface area contributed by atoms with E-state index in [4.69, 9.17) is 37.4 Å². The first kappa shape index (κ1) is 27.2. The van der Waals surface area contributed by atoms with Gasteiger partial charge in [-0.2, -0.15) is 0 Å². The molecule has 198 valence electrons. The molecule has 4 rings (SSSR count). The molecule has 3 aromatic carbocycles. The van der Waals surface area contributed by atoms with Crippen LogP contribution in [0.1, 0.15) is 24.1 Å². The van der Waals surface area contributed by atoms with Gasteiger partial charge in [0.25, 0.3) is 11.7 Å². The molecule has 3 aromatic rings. The van der Waals surface area contributed by atoms with Gasteiger partial charge >= 0.3 is 0 Å². The van der Waals surface area contributed by atoms with Crippen molar-refractivity contribution in [2.24, 2.45) is 0 Å². The van der Waals surface area contributed by atoms with Crippen molar-refractivity contribution in [2.45, 2.75) is 13.0 Å². The van der Waals surface area contributed by atoms with Crippen LogP contribution in [-0.2, 0) is 9.59 Å². The molecule has 1 heterocycles. The lowest BCUT2D eigenvalue weighted by atomic mass is 9.94. The van der Waals surface area contributed by atoms with Gasteiger partial charge in [-0.1, -0.05) is 29.3 Å². The van der Waals surface area contributed by atoms with E-state index in [1.54, 1.807) is 6.92 Å². The second-order valence-corrected chi connectivity index (χ2v) is 8.92. The molecule has 1 aliphatic heterocycles. The number of halogens is 4. The number of nitrogens with zero attached hydrogens (tertiary/aromatic N) is 1. The zero-order valence-electron chi connectivity index (χ0n) is 20.4. The summed E-state index contributed by atoms with van der Waals surface area (Å²) in [5, 5.41) is 11.6. The number of amides is 1. The zero-order valence-corrected chi connectivity index (χ0v) is 21.9. The van der Waals surface area contributed by atoms with Gasteiger partial charge in [-0.3, -0.25) is 14.5 Å². The average Bonchev–Trinajstić information content (AvgIpc) is 3.15. The number of aliphatic hydroxyl groups excluding tert-OH is 1. The highest BCUT2D eigenvalue weighted by molar-refractivity contribution is 6.52. The molecule has 1 atom stereocenters. The van der Waals surface area contributed by atoms with Crippen LogP contribution >= 0.6 is 23.2 Å². The van der Waals surface area contributed by atoms with Crippen LogP contribution in [0.15, 0.2) is 54.1 Å². The van der Waals surface area contributed by atoms with Gasteiger partial charge in [-0.15, -0.1) is 0 Å². The fourth-order valence-electron chi connectivity index (χ4n) is 4.29. The third-order valence-electron chi connectivity index (χ3n) is 5.88. The molecule has 1 saturated heterocycles. The largest absolute Gasteiger partial charge is 0.507 e. The topological polar surface area (TPSA) is 85.3 Å². The third-order valence-corrected chi connectivity index (χ3v) is 6.38. The molecule has 1 amide bonds. The summed E-state index contributed by atoms with van der Waals surface area (Å²) < 4.78 is 45.4. The number of hydrogen-bond acceptors (Lipinski definition) is 6. The summed E-state index contributed by atoms with van der Waals surface area (Å²) in [6.07, 6.45) is 0. The van der Waals surface area contributed by atoms with Gasteiger partial charge in [0.15, 0.2) is 11.5 Å². The lowest BCUT2D eigenvalue weighted by Crippen LogP contribution is -2.30. The monoisotopic (exact) mass is 563 g/mol. The SMILES string of the molecule is CCOc1cc(C2/C(=C(\O)c3cc(Cl)cc(Cl)c3OC)C(=O)C(=O)N2c2cc(F)ccc2F)ccc1OC. The number of hydrogen-bond donors (Lipinski definition) is 1. The van der Waals surface area contributed by atoms with Crippen LogP contribution in [0.25, 0.3) is 5.76 Å². The quantitative estimate of drug-likeness (QED) is 0.206. The molecule has 0 spiro atoms. The fourth-order valence-corrected chi connectivity index (χ4v) is 4.86. The Labute approximate surface area is 226 Å². The predicted octanol–water partition coefficient (Wildman–Crippen LogP) is 6.31. The summed E-state index contributed by atoms with van der Waals surface area (Å²) in [6, 6.07) is 8.29. The van der Waals surface area contributed by atoms with Crippen molar-refractivity contribution in [1.29, 1.82) is 0 Å². The van der Waals surface area contributed by atoms with Gasteiger partial charge < -0.3 is 19.3 Å². The molecule has 0 saturated carbocycles. The average molecular weight is 564 g/mol. The standard InChI is InChI=1S/C27H21Cl2F2NO6/c1-4-38-21-9-13(5-8-20(21)36-2)23-22(24(33)16-10-14(28)11-17(29)26(16)37-3)25(34)27(35)32(23)19-12-15(30)6-7-18(19)31/h5-12,23,33H,4H2,1-3H3/b24-22+. The predicted molar refractivity (Wildman–Crippen MR) is 138 cm³/mol. The molecular weight excluding hydrogens is 543 g/mol. The molecule has 7 nitrogen and oxygen atoms in total. The van der Waals surface area contributed by atoms with Crippen molar-refractivity contribution in [3.8, 4) is 17.2 Å². The summed E-state index contributed by atoms with van der Waals surface area (Å²) in [4.78, 5) is 27.5. The Morgan fingerprint density at radius 2 is 1.74 bits per heavy atom. The first-order chi connectivity index (χ1) is 18.1. The van der Waals surface area contributed by atoms with E-state index < -0.39 is 46.4 Å². The van der Waals surface area contributed by atoms with Crippen LogP contribution in [0.4, 0.5) is 14.5 Å². The molecule has 0 aromatic heterocycles. The Hall–Kier alpha value is -3.82. The summed E-state index contributed by atoms with van der Waals surface area (Å²) >= 11 is 12.4. The molecule has 1 unspecified atom stereocenters. The summed E-state index contributed by atoms with van der Waals surface area (Å²) in [6.45, 7) is 2.01. The first-order valence-electron chi connectivity index (χ1n) is 11.2. The minimum Gasteiger partial charge on any atom is -0.507 e. The van der Waals surface area contributed by atoms with E-state index in [1.807, 2.05) is 0 Å². The van der Waals surface area contributed by atoms with Gasteiger partial charge in [-0.25, -0.2) is 8.78 Å². The van der Waals surface area contributed by atoms with Crippen molar-refractivity contribution in [3.05, 3.63) is 86.9 Å². The maximum Gasteiger partial charge on any atom is 0.300 e.